The first-order chi connectivity index (χ1) is 11.5. The second-order valence-corrected chi connectivity index (χ2v) is 6.48. The lowest BCUT2D eigenvalue weighted by molar-refractivity contribution is -0.140. The lowest BCUT2D eigenvalue weighted by atomic mass is 9.93. The molecule has 2 aromatic heterocycles. The molecule has 1 fully saturated rings. The molecule has 1 aliphatic heterocycles. The van der Waals surface area contributed by atoms with Gasteiger partial charge in [-0.1, -0.05) is 0 Å². The van der Waals surface area contributed by atoms with Crippen LogP contribution < -0.4 is 5.73 Å². The highest BCUT2D eigenvalue weighted by atomic mass is 16.3. The number of aryl methyl sites for hydroxylation is 2. The van der Waals surface area contributed by atoms with E-state index in [1.54, 1.807) is 4.90 Å². The van der Waals surface area contributed by atoms with Gasteiger partial charge in [-0.3, -0.25) is 4.79 Å². The van der Waals surface area contributed by atoms with Gasteiger partial charge in [0.15, 0.2) is 17.0 Å². The van der Waals surface area contributed by atoms with Gasteiger partial charge in [0.05, 0.1) is 0 Å². The zero-order valence-corrected chi connectivity index (χ0v) is 14.1. The molecule has 0 unspecified atom stereocenters. The molecule has 130 valence electrons. The van der Waals surface area contributed by atoms with Crippen LogP contribution >= 0.6 is 0 Å². The number of aromatic nitrogens is 4. The van der Waals surface area contributed by atoms with Crippen LogP contribution in [0.4, 0.5) is 5.82 Å². The number of anilines is 1. The number of carbonyl (C=O) groups excluding carboxylic acids is 1. The highest BCUT2D eigenvalue weighted by Gasteiger charge is 2.25. The van der Waals surface area contributed by atoms with E-state index in [1.165, 1.54) is 13.3 Å². The van der Waals surface area contributed by atoms with Crippen molar-refractivity contribution in [2.75, 3.05) is 18.8 Å². The summed E-state index contributed by atoms with van der Waals surface area (Å²) in [4.78, 5) is 26.3. The molecule has 0 spiro atoms. The van der Waals surface area contributed by atoms with E-state index in [0.29, 0.717) is 30.3 Å². The van der Waals surface area contributed by atoms with Crippen molar-refractivity contribution in [3.05, 3.63) is 12.2 Å². The molecule has 1 amide bonds. The van der Waals surface area contributed by atoms with Gasteiger partial charge in [-0.15, -0.1) is 0 Å². The Kier molecular flexibility index (Phi) is 4.66. The van der Waals surface area contributed by atoms with Gasteiger partial charge in [0.25, 0.3) is 5.91 Å². The van der Waals surface area contributed by atoms with Crippen LogP contribution in [-0.2, 0) is 11.3 Å². The number of nitrogen functional groups attached to an aromatic ring is 1. The standard InChI is InChI=1S/C16H24N6O2/c1-10(23)16(24)21-6-3-12(4-7-21)5-8-22-11(2)20-13-14(17)18-9-19-15(13)22/h9-10,12,23H,3-8H2,1-2H3,(H2,17,18,19)/t10-/m0/s1. The first-order valence-corrected chi connectivity index (χ1v) is 8.37. The number of aliphatic hydroxyl groups is 1. The number of likely N-dealkylation sites (tertiary alicyclic amines) is 1. The molecule has 24 heavy (non-hydrogen) atoms. The number of nitrogens with zero attached hydrogens (tertiary/aromatic N) is 5. The number of hydrogen-bond acceptors (Lipinski definition) is 6. The minimum Gasteiger partial charge on any atom is -0.384 e. The number of piperidine rings is 1. The summed E-state index contributed by atoms with van der Waals surface area (Å²) in [6, 6.07) is 0. The zero-order valence-electron chi connectivity index (χ0n) is 14.1. The van der Waals surface area contributed by atoms with Gasteiger partial charge in [0.1, 0.15) is 18.3 Å². The van der Waals surface area contributed by atoms with Crippen LogP contribution in [-0.4, -0.2) is 54.6 Å². The van der Waals surface area contributed by atoms with Crippen LogP contribution in [0.1, 0.15) is 32.0 Å². The fraction of sp³-hybridized carbons (Fsp3) is 0.625. The van der Waals surface area contributed by atoms with Crippen molar-refractivity contribution in [3.8, 4) is 0 Å². The van der Waals surface area contributed by atoms with Crippen LogP contribution in [0.15, 0.2) is 6.33 Å². The molecule has 0 radical (unpaired) electrons. The predicted octanol–water partition coefficient (Wildman–Crippen LogP) is 0.726. The molecule has 1 aliphatic rings. The lowest BCUT2D eigenvalue weighted by Gasteiger charge is -2.32. The maximum atomic E-state index is 11.8. The van der Waals surface area contributed by atoms with Crippen LogP contribution in [0.5, 0.6) is 0 Å². The third-order valence-corrected chi connectivity index (χ3v) is 4.80. The smallest absolute Gasteiger partial charge is 0.251 e. The minimum atomic E-state index is -0.911. The van der Waals surface area contributed by atoms with Crippen molar-refractivity contribution in [2.24, 2.45) is 5.92 Å². The Bertz CT molecular complexity index is 733. The van der Waals surface area contributed by atoms with Crippen LogP contribution in [0.25, 0.3) is 11.2 Å². The molecular formula is C16H24N6O2. The summed E-state index contributed by atoms with van der Waals surface area (Å²) in [6.07, 6.45) is 3.48. The molecule has 3 N–H and O–H groups in total. The number of rotatable bonds is 4. The predicted molar refractivity (Wildman–Crippen MR) is 90.1 cm³/mol. The third-order valence-electron chi connectivity index (χ3n) is 4.80. The molecule has 0 aliphatic carbocycles. The highest BCUT2D eigenvalue weighted by Crippen LogP contribution is 2.24. The Hall–Kier alpha value is -2.22. The largest absolute Gasteiger partial charge is 0.384 e. The van der Waals surface area contributed by atoms with E-state index < -0.39 is 6.10 Å². The Labute approximate surface area is 140 Å². The summed E-state index contributed by atoms with van der Waals surface area (Å²) in [5.74, 6) is 1.68. The summed E-state index contributed by atoms with van der Waals surface area (Å²) < 4.78 is 2.08. The number of imidazole rings is 1. The van der Waals surface area contributed by atoms with Crippen LogP contribution in [0.2, 0.25) is 0 Å². The summed E-state index contributed by atoms with van der Waals surface area (Å²) in [5, 5.41) is 9.40. The maximum Gasteiger partial charge on any atom is 0.251 e. The van der Waals surface area contributed by atoms with E-state index in [1.807, 2.05) is 6.92 Å². The second kappa shape index (κ2) is 6.72. The van der Waals surface area contributed by atoms with Gasteiger partial charge < -0.3 is 20.3 Å². The average Bonchev–Trinajstić information content (AvgIpc) is 2.90. The molecular weight excluding hydrogens is 308 g/mol. The normalized spacial score (nSPS) is 17.4. The Morgan fingerprint density at radius 2 is 2.12 bits per heavy atom. The molecule has 0 bridgehead atoms. The third kappa shape index (κ3) is 3.19. The Morgan fingerprint density at radius 1 is 1.42 bits per heavy atom. The van der Waals surface area contributed by atoms with Gasteiger partial charge in [-0.2, -0.15) is 0 Å². The molecule has 3 rings (SSSR count). The molecule has 1 saturated heterocycles. The molecule has 3 heterocycles. The first kappa shape index (κ1) is 16.6. The van der Waals surface area contributed by atoms with Crippen LogP contribution in [0.3, 0.4) is 0 Å². The van der Waals surface area contributed by atoms with Gasteiger partial charge in [-0.25, -0.2) is 15.0 Å². The first-order valence-electron chi connectivity index (χ1n) is 8.37. The Morgan fingerprint density at radius 3 is 2.79 bits per heavy atom. The van der Waals surface area contributed by atoms with Gasteiger partial charge in [0, 0.05) is 19.6 Å². The van der Waals surface area contributed by atoms with Crippen molar-refractivity contribution in [1.82, 2.24) is 24.4 Å². The van der Waals surface area contributed by atoms with Crippen molar-refractivity contribution in [1.29, 1.82) is 0 Å². The van der Waals surface area contributed by atoms with Crippen molar-refractivity contribution in [2.45, 2.75) is 45.8 Å². The SMILES string of the molecule is Cc1nc2c(N)ncnc2n1CCC1CCN(C(=O)[C@H](C)O)CC1. The van der Waals surface area contributed by atoms with Gasteiger partial charge >= 0.3 is 0 Å². The Balaban J connectivity index is 1.61. The van der Waals surface area contributed by atoms with Crippen molar-refractivity contribution < 1.29 is 9.90 Å². The van der Waals surface area contributed by atoms with E-state index in [2.05, 4.69) is 19.5 Å². The minimum absolute atomic E-state index is 0.169. The van der Waals surface area contributed by atoms with E-state index in [0.717, 1.165) is 37.3 Å². The summed E-state index contributed by atoms with van der Waals surface area (Å²) in [7, 11) is 0. The quantitative estimate of drug-likeness (QED) is 0.854. The number of aliphatic hydroxyl groups excluding tert-OH is 1. The number of amides is 1. The number of nitrogens with two attached hydrogens (primary N) is 1. The van der Waals surface area contributed by atoms with Crippen LogP contribution in [0, 0.1) is 12.8 Å². The number of hydrogen-bond donors (Lipinski definition) is 2. The molecule has 8 nitrogen and oxygen atoms in total. The lowest BCUT2D eigenvalue weighted by Crippen LogP contribution is -2.43. The summed E-state index contributed by atoms with van der Waals surface area (Å²) in [5.41, 5.74) is 7.30. The van der Waals surface area contributed by atoms with E-state index in [9.17, 15) is 9.90 Å². The van der Waals surface area contributed by atoms with E-state index in [-0.39, 0.29) is 5.91 Å². The summed E-state index contributed by atoms with van der Waals surface area (Å²) >= 11 is 0. The number of carbonyl (C=O) groups is 1. The summed E-state index contributed by atoms with van der Waals surface area (Å²) in [6.45, 7) is 5.73. The fourth-order valence-corrected chi connectivity index (χ4v) is 3.35. The highest BCUT2D eigenvalue weighted by molar-refractivity contribution is 5.81. The monoisotopic (exact) mass is 332 g/mol. The molecule has 0 aromatic carbocycles. The molecule has 1 atom stereocenters. The molecule has 2 aromatic rings. The second-order valence-electron chi connectivity index (χ2n) is 6.48. The molecule has 8 heteroatoms. The average molecular weight is 332 g/mol. The van der Waals surface area contributed by atoms with Gasteiger partial charge in [-0.05, 0) is 39.0 Å². The maximum absolute atomic E-state index is 11.8. The fourth-order valence-electron chi connectivity index (χ4n) is 3.35. The van der Waals surface area contributed by atoms with Crippen molar-refractivity contribution in [3.63, 3.8) is 0 Å². The van der Waals surface area contributed by atoms with E-state index >= 15 is 0 Å². The number of fused-ring (bicyclic) bond motifs is 1. The topological polar surface area (TPSA) is 110 Å². The zero-order chi connectivity index (χ0) is 17.3. The van der Waals surface area contributed by atoms with Gasteiger partial charge in [0.2, 0.25) is 0 Å². The van der Waals surface area contributed by atoms with Crippen molar-refractivity contribution >= 4 is 22.9 Å². The molecule has 0 saturated carbocycles. The van der Waals surface area contributed by atoms with E-state index in [4.69, 9.17) is 5.73 Å².